The maximum atomic E-state index is 12.2. The van der Waals surface area contributed by atoms with Crippen molar-refractivity contribution < 1.29 is 14.6 Å². The summed E-state index contributed by atoms with van der Waals surface area (Å²) in [7, 11) is 0. The van der Waals surface area contributed by atoms with Crippen LogP contribution in [0.4, 0.5) is 4.79 Å². The zero-order valence-electron chi connectivity index (χ0n) is 27.5. The van der Waals surface area contributed by atoms with Crippen molar-refractivity contribution in [1.29, 1.82) is 0 Å². The van der Waals surface area contributed by atoms with Crippen molar-refractivity contribution in [2.75, 3.05) is 13.2 Å². The van der Waals surface area contributed by atoms with Gasteiger partial charge in [-0.05, 0) is 32.1 Å². The van der Waals surface area contributed by atoms with Gasteiger partial charge in [0.05, 0.1) is 0 Å². The number of carbonyl (C=O) groups is 1. The first-order valence-electron chi connectivity index (χ1n) is 18.3. The van der Waals surface area contributed by atoms with E-state index < -0.39 is 0 Å². The first kappa shape index (κ1) is 39.2. The van der Waals surface area contributed by atoms with E-state index in [1.807, 2.05) is 0 Å². The van der Waals surface area contributed by atoms with Crippen molar-refractivity contribution in [3.8, 4) is 0 Å². The number of amides is 1. The molecule has 0 radical (unpaired) electrons. The van der Waals surface area contributed by atoms with Crippen molar-refractivity contribution >= 4 is 6.09 Å². The summed E-state index contributed by atoms with van der Waals surface area (Å²) in [5, 5.41) is 11.7. The third-order valence-corrected chi connectivity index (χ3v) is 8.39. The van der Waals surface area contributed by atoms with E-state index >= 15 is 0 Å². The van der Waals surface area contributed by atoms with Crippen LogP contribution in [-0.2, 0) is 4.74 Å². The third kappa shape index (κ3) is 31.8. The summed E-state index contributed by atoms with van der Waals surface area (Å²) in [6.45, 7) is 5.15. The van der Waals surface area contributed by atoms with Gasteiger partial charge in [-0.3, -0.25) is 0 Å². The Balaban J connectivity index is 3.82. The lowest BCUT2D eigenvalue weighted by molar-refractivity contribution is 0.0838. The molecule has 0 saturated heterocycles. The van der Waals surface area contributed by atoms with E-state index in [-0.39, 0.29) is 18.8 Å². The molecule has 1 unspecified atom stereocenters. The lowest BCUT2D eigenvalue weighted by atomic mass is 10.0. The molecule has 1 atom stereocenters. The van der Waals surface area contributed by atoms with E-state index in [1.54, 1.807) is 0 Å². The summed E-state index contributed by atoms with van der Waals surface area (Å²) in [6.07, 6.45) is 39.1. The molecule has 0 aliphatic carbocycles. The van der Waals surface area contributed by atoms with Gasteiger partial charge in [0.15, 0.2) is 0 Å². The van der Waals surface area contributed by atoms with Gasteiger partial charge in [0, 0.05) is 13.2 Å². The summed E-state index contributed by atoms with van der Waals surface area (Å²) in [4.78, 5) is 12.2. The van der Waals surface area contributed by atoms with Gasteiger partial charge in [-0.15, -0.1) is 0 Å². The summed E-state index contributed by atoms with van der Waals surface area (Å²) in [6, 6.07) is 0. The molecule has 0 aliphatic rings. The van der Waals surface area contributed by atoms with Crippen molar-refractivity contribution in [1.82, 2.24) is 5.32 Å². The lowest BCUT2D eigenvalue weighted by Gasteiger charge is -2.18. The number of unbranched alkanes of at least 4 members (excludes halogenated alkanes) is 25. The van der Waals surface area contributed by atoms with Crippen LogP contribution in [0.1, 0.15) is 206 Å². The van der Waals surface area contributed by atoms with E-state index in [0.29, 0.717) is 13.0 Å². The number of carbonyl (C=O) groups excluding carboxylic acids is 1. The zero-order valence-corrected chi connectivity index (χ0v) is 27.5. The van der Waals surface area contributed by atoms with Crippen LogP contribution in [-0.4, -0.2) is 30.5 Å². The lowest BCUT2D eigenvalue weighted by Crippen LogP contribution is -2.30. The van der Waals surface area contributed by atoms with Gasteiger partial charge in [-0.25, -0.2) is 4.79 Å². The Morgan fingerprint density at radius 1 is 0.500 bits per heavy atom. The zero-order chi connectivity index (χ0) is 29.2. The van der Waals surface area contributed by atoms with Gasteiger partial charge in [0.2, 0.25) is 0 Å². The van der Waals surface area contributed by atoms with Crippen LogP contribution in [0.3, 0.4) is 0 Å². The molecule has 0 aromatic rings. The minimum absolute atomic E-state index is 0.0409. The molecule has 0 aliphatic heterocycles. The summed E-state index contributed by atoms with van der Waals surface area (Å²) >= 11 is 0. The highest BCUT2D eigenvalue weighted by atomic mass is 16.6. The number of aliphatic hydroxyl groups excluding tert-OH is 1. The highest BCUT2D eigenvalue weighted by molar-refractivity contribution is 5.67. The van der Waals surface area contributed by atoms with E-state index in [2.05, 4.69) is 19.2 Å². The number of alkyl carbamates (subject to hydrolysis) is 1. The van der Waals surface area contributed by atoms with Crippen molar-refractivity contribution in [3.63, 3.8) is 0 Å². The average Bonchev–Trinajstić information content (AvgIpc) is 2.95. The molecule has 0 aromatic heterocycles. The van der Waals surface area contributed by atoms with Gasteiger partial charge < -0.3 is 15.2 Å². The number of ether oxygens (including phenoxy) is 1. The Morgan fingerprint density at radius 3 is 1.10 bits per heavy atom. The van der Waals surface area contributed by atoms with Gasteiger partial charge in [0.1, 0.15) is 6.10 Å². The Hall–Kier alpha value is -0.770. The summed E-state index contributed by atoms with van der Waals surface area (Å²) < 4.78 is 5.78. The SMILES string of the molecule is CCCCCCCCCCCCCCCCCC(CCCCCCCCCCCCCC)OC(=O)NCCCO. The van der Waals surface area contributed by atoms with Crippen molar-refractivity contribution in [2.24, 2.45) is 0 Å². The molecule has 0 fully saturated rings. The molecular formula is C36H73NO3. The maximum absolute atomic E-state index is 12.2. The Kier molecular flexibility index (Phi) is 33.8. The summed E-state index contributed by atoms with van der Waals surface area (Å²) in [5.41, 5.74) is 0. The number of aliphatic hydroxyl groups is 1. The predicted octanol–water partition coefficient (Wildman–Crippen LogP) is 11.8. The van der Waals surface area contributed by atoms with Crippen LogP contribution < -0.4 is 5.32 Å². The summed E-state index contributed by atoms with van der Waals surface area (Å²) in [5.74, 6) is 0. The fraction of sp³-hybridized carbons (Fsp3) is 0.972. The molecule has 0 saturated carbocycles. The smallest absolute Gasteiger partial charge is 0.407 e. The highest BCUT2D eigenvalue weighted by Crippen LogP contribution is 2.18. The molecule has 4 heteroatoms. The van der Waals surface area contributed by atoms with Crippen LogP contribution >= 0.6 is 0 Å². The second-order valence-electron chi connectivity index (χ2n) is 12.4. The predicted molar refractivity (Wildman–Crippen MR) is 175 cm³/mol. The second kappa shape index (κ2) is 34.4. The average molecular weight is 568 g/mol. The second-order valence-corrected chi connectivity index (χ2v) is 12.4. The van der Waals surface area contributed by atoms with Gasteiger partial charge in [-0.2, -0.15) is 0 Å². The maximum Gasteiger partial charge on any atom is 0.407 e. The van der Waals surface area contributed by atoms with Gasteiger partial charge in [0.25, 0.3) is 0 Å². The largest absolute Gasteiger partial charge is 0.446 e. The molecule has 0 heterocycles. The molecule has 0 rings (SSSR count). The molecule has 4 nitrogen and oxygen atoms in total. The molecule has 0 aromatic carbocycles. The first-order chi connectivity index (χ1) is 19.7. The van der Waals surface area contributed by atoms with Crippen LogP contribution in [0.15, 0.2) is 0 Å². The first-order valence-corrected chi connectivity index (χ1v) is 18.3. The highest BCUT2D eigenvalue weighted by Gasteiger charge is 2.14. The normalized spacial score (nSPS) is 12.1. The standard InChI is InChI=1S/C36H73NO3/c1-3-5-7-9-11-13-15-17-18-19-21-23-25-27-29-32-35(40-36(39)37-33-30-34-38)31-28-26-24-22-20-16-14-12-10-8-6-4-2/h35,38H,3-34H2,1-2H3,(H,37,39). The Morgan fingerprint density at radius 2 is 0.800 bits per heavy atom. The molecule has 40 heavy (non-hydrogen) atoms. The quantitative estimate of drug-likeness (QED) is 0.0775. The monoisotopic (exact) mass is 568 g/mol. The topological polar surface area (TPSA) is 58.6 Å². The fourth-order valence-corrected chi connectivity index (χ4v) is 5.68. The number of rotatable bonds is 33. The van der Waals surface area contributed by atoms with Gasteiger partial charge >= 0.3 is 6.09 Å². The van der Waals surface area contributed by atoms with Crippen molar-refractivity contribution in [3.05, 3.63) is 0 Å². The number of hydrogen-bond acceptors (Lipinski definition) is 3. The van der Waals surface area contributed by atoms with Crippen molar-refractivity contribution in [2.45, 2.75) is 213 Å². The number of nitrogens with one attached hydrogen (secondary N) is 1. The van der Waals surface area contributed by atoms with Crippen LogP contribution in [0.25, 0.3) is 0 Å². The molecule has 1 amide bonds. The minimum Gasteiger partial charge on any atom is -0.446 e. The molecular weight excluding hydrogens is 494 g/mol. The molecule has 0 bridgehead atoms. The van der Waals surface area contributed by atoms with E-state index in [0.717, 1.165) is 25.7 Å². The molecule has 240 valence electrons. The fourth-order valence-electron chi connectivity index (χ4n) is 5.68. The Bertz CT molecular complexity index is 485. The van der Waals surface area contributed by atoms with Gasteiger partial charge in [-0.1, -0.05) is 174 Å². The minimum atomic E-state index is -0.307. The van der Waals surface area contributed by atoms with Crippen LogP contribution in [0.2, 0.25) is 0 Å². The van der Waals surface area contributed by atoms with E-state index in [9.17, 15) is 4.79 Å². The molecule has 0 spiro atoms. The van der Waals surface area contributed by atoms with E-state index in [1.165, 1.54) is 161 Å². The number of hydrogen-bond donors (Lipinski definition) is 2. The third-order valence-electron chi connectivity index (χ3n) is 8.39. The van der Waals surface area contributed by atoms with Crippen LogP contribution in [0, 0.1) is 0 Å². The molecule has 2 N–H and O–H groups in total. The van der Waals surface area contributed by atoms with Crippen LogP contribution in [0.5, 0.6) is 0 Å². The van der Waals surface area contributed by atoms with E-state index in [4.69, 9.17) is 9.84 Å². The Labute approximate surface area is 251 Å².